The lowest BCUT2D eigenvalue weighted by Gasteiger charge is -2.03. The van der Waals surface area contributed by atoms with Crippen molar-refractivity contribution in [2.24, 2.45) is 0 Å². The SMILES string of the molecule is CNS(=O)(=O)CCNCc1cc(Br)cs1. The third-order valence-electron chi connectivity index (χ3n) is 1.78. The number of hydrogen-bond acceptors (Lipinski definition) is 4. The number of hydrogen-bond donors (Lipinski definition) is 2. The van der Waals surface area contributed by atoms with Gasteiger partial charge in [-0.1, -0.05) is 0 Å². The zero-order chi connectivity index (χ0) is 11.3. The Bertz CT molecular complexity index is 403. The summed E-state index contributed by atoms with van der Waals surface area (Å²) in [5.41, 5.74) is 0. The van der Waals surface area contributed by atoms with Gasteiger partial charge in [-0.05, 0) is 29.0 Å². The molecule has 86 valence electrons. The van der Waals surface area contributed by atoms with Crippen LogP contribution in [0.2, 0.25) is 0 Å². The van der Waals surface area contributed by atoms with Crippen LogP contribution in [0.5, 0.6) is 0 Å². The highest BCUT2D eigenvalue weighted by molar-refractivity contribution is 9.10. The van der Waals surface area contributed by atoms with Crippen molar-refractivity contribution >= 4 is 37.3 Å². The zero-order valence-electron chi connectivity index (χ0n) is 8.29. The smallest absolute Gasteiger partial charge is 0.212 e. The van der Waals surface area contributed by atoms with Crippen LogP contribution in [-0.2, 0) is 16.6 Å². The molecule has 0 saturated carbocycles. The van der Waals surface area contributed by atoms with E-state index >= 15 is 0 Å². The van der Waals surface area contributed by atoms with Crippen molar-refractivity contribution in [2.45, 2.75) is 6.54 Å². The molecule has 7 heteroatoms. The van der Waals surface area contributed by atoms with Crippen molar-refractivity contribution in [3.63, 3.8) is 0 Å². The van der Waals surface area contributed by atoms with E-state index in [1.54, 1.807) is 11.3 Å². The molecule has 0 aliphatic carbocycles. The molecule has 0 unspecified atom stereocenters. The van der Waals surface area contributed by atoms with E-state index in [0.717, 1.165) is 4.47 Å². The van der Waals surface area contributed by atoms with Gasteiger partial charge in [-0.3, -0.25) is 0 Å². The first kappa shape index (κ1) is 13.1. The molecule has 1 aromatic rings. The fraction of sp³-hybridized carbons (Fsp3) is 0.500. The molecule has 0 amide bonds. The van der Waals surface area contributed by atoms with E-state index in [4.69, 9.17) is 0 Å². The molecule has 0 aliphatic heterocycles. The molecule has 0 saturated heterocycles. The molecule has 1 aromatic heterocycles. The third kappa shape index (κ3) is 5.07. The minimum absolute atomic E-state index is 0.107. The highest BCUT2D eigenvalue weighted by Gasteiger charge is 2.05. The first-order valence-corrected chi connectivity index (χ1v) is 7.71. The van der Waals surface area contributed by atoms with Crippen LogP contribution < -0.4 is 10.0 Å². The highest BCUT2D eigenvalue weighted by Crippen LogP contribution is 2.19. The topological polar surface area (TPSA) is 58.2 Å². The maximum absolute atomic E-state index is 11.1. The average molecular weight is 313 g/mol. The summed E-state index contributed by atoms with van der Waals surface area (Å²) in [6, 6.07) is 2.02. The molecule has 0 radical (unpaired) electrons. The Morgan fingerprint density at radius 2 is 2.27 bits per heavy atom. The van der Waals surface area contributed by atoms with Gasteiger partial charge in [0, 0.05) is 27.8 Å². The van der Waals surface area contributed by atoms with E-state index in [1.807, 2.05) is 11.4 Å². The first-order chi connectivity index (χ1) is 7.03. The lowest BCUT2D eigenvalue weighted by Crippen LogP contribution is -2.29. The van der Waals surface area contributed by atoms with Crippen LogP contribution in [0.4, 0.5) is 0 Å². The Hall–Kier alpha value is 0.0500. The van der Waals surface area contributed by atoms with E-state index in [1.165, 1.54) is 11.9 Å². The minimum Gasteiger partial charge on any atom is -0.311 e. The number of rotatable bonds is 6. The van der Waals surface area contributed by atoms with Gasteiger partial charge in [0.15, 0.2) is 0 Å². The van der Waals surface area contributed by atoms with Crippen molar-refractivity contribution < 1.29 is 8.42 Å². The second kappa shape index (κ2) is 5.95. The Labute approximate surface area is 102 Å². The zero-order valence-corrected chi connectivity index (χ0v) is 11.5. The Balaban J connectivity index is 2.23. The number of halogens is 1. The van der Waals surface area contributed by atoms with Gasteiger partial charge in [-0.15, -0.1) is 11.3 Å². The van der Waals surface area contributed by atoms with Gasteiger partial charge >= 0.3 is 0 Å². The molecule has 0 bridgehead atoms. The summed E-state index contributed by atoms with van der Waals surface area (Å²) in [5.74, 6) is 0.107. The van der Waals surface area contributed by atoms with Crippen molar-refractivity contribution in [1.82, 2.24) is 10.0 Å². The number of sulfonamides is 1. The molecule has 4 nitrogen and oxygen atoms in total. The van der Waals surface area contributed by atoms with Crippen molar-refractivity contribution in [3.05, 3.63) is 20.8 Å². The van der Waals surface area contributed by atoms with Crippen molar-refractivity contribution in [3.8, 4) is 0 Å². The van der Waals surface area contributed by atoms with E-state index in [0.29, 0.717) is 13.1 Å². The molecule has 0 fully saturated rings. The van der Waals surface area contributed by atoms with Gasteiger partial charge in [0.2, 0.25) is 10.0 Å². The summed E-state index contributed by atoms with van der Waals surface area (Å²) in [7, 11) is -1.66. The van der Waals surface area contributed by atoms with Gasteiger partial charge in [-0.2, -0.15) is 0 Å². The van der Waals surface area contributed by atoms with Crippen LogP contribution in [0.25, 0.3) is 0 Å². The van der Waals surface area contributed by atoms with Crippen LogP contribution >= 0.6 is 27.3 Å². The third-order valence-corrected chi connectivity index (χ3v) is 4.84. The largest absolute Gasteiger partial charge is 0.311 e. The van der Waals surface area contributed by atoms with E-state index in [9.17, 15) is 8.42 Å². The number of thiophene rings is 1. The monoisotopic (exact) mass is 312 g/mol. The maximum Gasteiger partial charge on any atom is 0.212 e. The van der Waals surface area contributed by atoms with Crippen LogP contribution in [0.3, 0.4) is 0 Å². The Morgan fingerprint density at radius 1 is 1.53 bits per heavy atom. The predicted molar refractivity (Wildman–Crippen MR) is 66.6 cm³/mol. The summed E-state index contributed by atoms with van der Waals surface area (Å²) in [6.45, 7) is 1.16. The molecule has 0 spiro atoms. The Kier molecular flexibility index (Phi) is 5.20. The normalized spacial score (nSPS) is 11.9. The van der Waals surface area contributed by atoms with Crippen LogP contribution in [0.1, 0.15) is 4.88 Å². The fourth-order valence-corrected chi connectivity index (χ4v) is 3.00. The summed E-state index contributed by atoms with van der Waals surface area (Å²) >= 11 is 5.00. The second-order valence-electron chi connectivity index (χ2n) is 2.93. The average Bonchev–Trinajstić information content (AvgIpc) is 2.59. The van der Waals surface area contributed by atoms with Crippen molar-refractivity contribution in [1.29, 1.82) is 0 Å². The molecular formula is C8H13BrN2O2S2. The second-order valence-corrected chi connectivity index (χ2v) is 6.89. The van der Waals surface area contributed by atoms with Gasteiger partial charge in [0.05, 0.1) is 5.75 Å². The summed E-state index contributed by atoms with van der Waals surface area (Å²) < 4.78 is 25.5. The number of nitrogens with one attached hydrogen (secondary N) is 2. The lowest BCUT2D eigenvalue weighted by molar-refractivity contribution is 0.583. The highest BCUT2D eigenvalue weighted by atomic mass is 79.9. The predicted octanol–water partition coefficient (Wildman–Crippen LogP) is 1.15. The van der Waals surface area contributed by atoms with Crippen molar-refractivity contribution in [2.75, 3.05) is 19.3 Å². The van der Waals surface area contributed by atoms with Gasteiger partial charge < -0.3 is 5.32 Å². The molecule has 0 aromatic carbocycles. The van der Waals surface area contributed by atoms with Crippen LogP contribution in [0, 0.1) is 0 Å². The fourth-order valence-electron chi connectivity index (χ4n) is 0.967. The summed E-state index contributed by atoms with van der Waals surface area (Å²) in [6.07, 6.45) is 0. The van der Waals surface area contributed by atoms with Gasteiger partial charge in [0.1, 0.15) is 0 Å². The molecule has 0 atom stereocenters. The molecular weight excluding hydrogens is 300 g/mol. The van der Waals surface area contributed by atoms with Gasteiger partial charge in [0.25, 0.3) is 0 Å². The van der Waals surface area contributed by atoms with Gasteiger partial charge in [-0.25, -0.2) is 13.1 Å². The summed E-state index contributed by atoms with van der Waals surface area (Å²) in [5, 5.41) is 5.08. The van der Waals surface area contributed by atoms with E-state index in [2.05, 4.69) is 26.0 Å². The molecule has 1 rings (SSSR count). The molecule has 1 heterocycles. The quantitative estimate of drug-likeness (QED) is 0.775. The van der Waals surface area contributed by atoms with Crippen LogP contribution in [-0.4, -0.2) is 27.8 Å². The standard InChI is InChI=1S/C8H13BrN2O2S2/c1-10-15(12,13)3-2-11-5-8-4-7(9)6-14-8/h4,6,10-11H,2-3,5H2,1H3. The lowest BCUT2D eigenvalue weighted by atomic mass is 10.4. The Morgan fingerprint density at radius 3 is 2.80 bits per heavy atom. The van der Waals surface area contributed by atoms with E-state index < -0.39 is 10.0 Å². The molecule has 0 aliphatic rings. The molecule has 2 N–H and O–H groups in total. The maximum atomic E-state index is 11.1. The summed E-state index contributed by atoms with van der Waals surface area (Å²) in [4.78, 5) is 1.18. The van der Waals surface area contributed by atoms with E-state index in [-0.39, 0.29) is 5.75 Å². The van der Waals surface area contributed by atoms with Crippen LogP contribution in [0.15, 0.2) is 15.9 Å². The molecule has 15 heavy (non-hydrogen) atoms. The first-order valence-electron chi connectivity index (χ1n) is 4.38. The minimum atomic E-state index is -3.09.